The van der Waals surface area contributed by atoms with Crippen molar-refractivity contribution in [2.75, 3.05) is 13.1 Å². The number of nitrogens with one attached hydrogen (secondary N) is 1. The summed E-state index contributed by atoms with van der Waals surface area (Å²) in [6.07, 6.45) is 9.97. The van der Waals surface area contributed by atoms with E-state index in [0.717, 1.165) is 24.0 Å². The van der Waals surface area contributed by atoms with Crippen LogP contribution in [0.2, 0.25) is 0 Å². The minimum atomic E-state index is 0.571. The zero-order valence-corrected chi connectivity index (χ0v) is 13.1. The molecule has 1 N–H and O–H groups in total. The summed E-state index contributed by atoms with van der Waals surface area (Å²) in [7, 11) is 0. The van der Waals surface area contributed by atoms with Gasteiger partial charge in [-0.1, -0.05) is 27.2 Å². The van der Waals surface area contributed by atoms with Gasteiger partial charge in [0.15, 0.2) is 0 Å². The van der Waals surface area contributed by atoms with E-state index in [9.17, 15) is 0 Å². The van der Waals surface area contributed by atoms with Crippen molar-refractivity contribution in [2.24, 2.45) is 11.3 Å². The second kappa shape index (κ2) is 5.37. The summed E-state index contributed by atoms with van der Waals surface area (Å²) >= 11 is 0. The van der Waals surface area contributed by atoms with Crippen LogP contribution < -0.4 is 5.32 Å². The molecule has 2 heteroatoms. The third kappa shape index (κ3) is 3.16. The third-order valence-electron chi connectivity index (χ3n) is 5.80. The van der Waals surface area contributed by atoms with E-state index in [1.807, 2.05) is 0 Å². The Morgan fingerprint density at radius 1 is 1.21 bits per heavy atom. The molecular weight excluding hydrogens is 232 g/mol. The summed E-state index contributed by atoms with van der Waals surface area (Å²) < 4.78 is 0. The van der Waals surface area contributed by atoms with Crippen molar-refractivity contribution in [2.45, 2.75) is 83.8 Å². The van der Waals surface area contributed by atoms with E-state index in [-0.39, 0.29) is 0 Å². The molecule has 2 nitrogen and oxygen atoms in total. The maximum atomic E-state index is 3.83. The molecule has 2 aliphatic carbocycles. The monoisotopic (exact) mass is 264 g/mol. The first-order chi connectivity index (χ1) is 9.09. The fourth-order valence-corrected chi connectivity index (χ4v) is 4.43. The van der Waals surface area contributed by atoms with Gasteiger partial charge in [0, 0.05) is 31.2 Å². The SMILES string of the molecule is CCC1CNC(C2CC2)CN1C1CCCC(C)(C)C1. The summed E-state index contributed by atoms with van der Waals surface area (Å²) in [5.74, 6) is 0.997. The highest BCUT2D eigenvalue weighted by Crippen LogP contribution is 2.40. The lowest BCUT2D eigenvalue weighted by Crippen LogP contribution is -2.60. The lowest BCUT2D eigenvalue weighted by atomic mass is 9.74. The Morgan fingerprint density at radius 2 is 2.00 bits per heavy atom. The van der Waals surface area contributed by atoms with E-state index in [1.165, 1.54) is 58.0 Å². The molecule has 0 radical (unpaired) electrons. The second-order valence-electron chi connectivity index (χ2n) is 8.03. The minimum Gasteiger partial charge on any atom is -0.311 e. The number of hydrogen-bond donors (Lipinski definition) is 1. The molecule has 0 aromatic heterocycles. The van der Waals surface area contributed by atoms with Gasteiger partial charge in [0.25, 0.3) is 0 Å². The molecule has 0 aromatic carbocycles. The quantitative estimate of drug-likeness (QED) is 0.840. The molecule has 3 aliphatic rings. The molecule has 0 bridgehead atoms. The van der Waals surface area contributed by atoms with Gasteiger partial charge in [-0.2, -0.15) is 0 Å². The van der Waals surface area contributed by atoms with Gasteiger partial charge in [-0.15, -0.1) is 0 Å². The zero-order chi connectivity index (χ0) is 13.5. The Kier molecular flexibility index (Phi) is 3.92. The molecule has 3 atom stereocenters. The molecule has 1 heterocycles. The van der Waals surface area contributed by atoms with Crippen LogP contribution in [0.4, 0.5) is 0 Å². The van der Waals surface area contributed by atoms with Crippen molar-refractivity contribution >= 4 is 0 Å². The van der Waals surface area contributed by atoms with Crippen LogP contribution in [0.5, 0.6) is 0 Å². The fourth-order valence-electron chi connectivity index (χ4n) is 4.43. The largest absolute Gasteiger partial charge is 0.311 e. The Morgan fingerprint density at radius 3 is 2.63 bits per heavy atom. The molecule has 1 saturated heterocycles. The van der Waals surface area contributed by atoms with Gasteiger partial charge in [-0.3, -0.25) is 4.90 Å². The summed E-state index contributed by atoms with van der Waals surface area (Å²) in [6, 6.07) is 2.44. The van der Waals surface area contributed by atoms with Crippen LogP contribution in [-0.4, -0.2) is 36.1 Å². The van der Waals surface area contributed by atoms with E-state index < -0.39 is 0 Å². The smallest absolute Gasteiger partial charge is 0.0224 e. The van der Waals surface area contributed by atoms with Crippen LogP contribution in [0.15, 0.2) is 0 Å². The molecule has 0 amide bonds. The fraction of sp³-hybridized carbons (Fsp3) is 1.00. The van der Waals surface area contributed by atoms with E-state index in [4.69, 9.17) is 0 Å². The number of hydrogen-bond acceptors (Lipinski definition) is 2. The molecule has 110 valence electrons. The van der Waals surface area contributed by atoms with Crippen molar-refractivity contribution in [1.29, 1.82) is 0 Å². The van der Waals surface area contributed by atoms with Crippen molar-refractivity contribution < 1.29 is 0 Å². The van der Waals surface area contributed by atoms with E-state index in [1.54, 1.807) is 0 Å². The van der Waals surface area contributed by atoms with E-state index in [2.05, 4.69) is 31.0 Å². The van der Waals surface area contributed by atoms with Crippen LogP contribution in [0.3, 0.4) is 0 Å². The molecule has 19 heavy (non-hydrogen) atoms. The van der Waals surface area contributed by atoms with Gasteiger partial charge < -0.3 is 5.32 Å². The molecule has 3 rings (SSSR count). The highest BCUT2D eigenvalue weighted by atomic mass is 15.3. The summed E-state index contributed by atoms with van der Waals surface area (Å²) in [6.45, 7) is 9.87. The van der Waals surface area contributed by atoms with Gasteiger partial charge >= 0.3 is 0 Å². The van der Waals surface area contributed by atoms with E-state index in [0.29, 0.717) is 5.41 Å². The Labute approximate surface area is 119 Å². The minimum absolute atomic E-state index is 0.571. The Hall–Kier alpha value is -0.0800. The molecule has 3 fully saturated rings. The summed E-state index contributed by atoms with van der Waals surface area (Å²) in [4.78, 5) is 2.90. The highest BCUT2D eigenvalue weighted by molar-refractivity contribution is 4.97. The van der Waals surface area contributed by atoms with Crippen LogP contribution in [0, 0.1) is 11.3 Å². The first kappa shape index (κ1) is 13.9. The zero-order valence-electron chi connectivity index (χ0n) is 13.1. The maximum absolute atomic E-state index is 3.83. The normalized spacial score (nSPS) is 40.3. The summed E-state index contributed by atoms with van der Waals surface area (Å²) in [5, 5.41) is 3.83. The second-order valence-corrected chi connectivity index (χ2v) is 8.03. The predicted molar refractivity (Wildman–Crippen MR) is 81.3 cm³/mol. The van der Waals surface area contributed by atoms with Gasteiger partial charge in [0.2, 0.25) is 0 Å². The van der Waals surface area contributed by atoms with Crippen LogP contribution in [-0.2, 0) is 0 Å². The first-order valence-corrected chi connectivity index (χ1v) is 8.58. The average molecular weight is 264 g/mol. The van der Waals surface area contributed by atoms with Crippen molar-refractivity contribution in [1.82, 2.24) is 10.2 Å². The summed E-state index contributed by atoms with van der Waals surface area (Å²) in [5.41, 5.74) is 0.571. The third-order valence-corrected chi connectivity index (χ3v) is 5.80. The molecule has 0 spiro atoms. The Bertz CT molecular complexity index is 308. The predicted octanol–water partition coefficient (Wildman–Crippen LogP) is 3.42. The van der Waals surface area contributed by atoms with E-state index >= 15 is 0 Å². The molecule has 1 aliphatic heterocycles. The van der Waals surface area contributed by atoms with Crippen molar-refractivity contribution in [3.8, 4) is 0 Å². The lowest BCUT2D eigenvalue weighted by molar-refractivity contribution is 0.0264. The molecule has 3 unspecified atom stereocenters. The van der Waals surface area contributed by atoms with Crippen LogP contribution in [0.1, 0.15) is 65.7 Å². The number of rotatable bonds is 3. The molecular formula is C17H32N2. The maximum Gasteiger partial charge on any atom is 0.0224 e. The first-order valence-electron chi connectivity index (χ1n) is 8.58. The lowest BCUT2D eigenvalue weighted by Gasteiger charge is -2.48. The number of piperazine rings is 1. The van der Waals surface area contributed by atoms with Gasteiger partial charge in [-0.05, 0) is 49.9 Å². The van der Waals surface area contributed by atoms with Crippen molar-refractivity contribution in [3.63, 3.8) is 0 Å². The molecule has 2 saturated carbocycles. The Balaban J connectivity index is 1.67. The highest BCUT2D eigenvalue weighted by Gasteiger charge is 2.40. The van der Waals surface area contributed by atoms with Gasteiger partial charge in [0.1, 0.15) is 0 Å². The topological polar surface area (TPSA) is 15.3 Å². The van der Waals surface area contributed by atoms with Crippen LogP contribution >= 0.6 is 0 Å². The molecule has 0 aromatic rings. The number of nitrogens with zero attached hydrogens (tertiary/aromatic N) is 1. The van der Waals surface area contributed by atoms with Gasteiger partial charge in [-0.25, -0.2) is 0 Å². The van der Waals surface area contributed by atoms with Crippen LogP contribution in [0.25, 0.3) is 0 Å². The van der Waals surface area contributed by atoms with Crippen molar-refractivity contribution in [3.05, 3.63) is 0 Å². The van der Waals surface area contributed by atoms with Gasteiger partial charge in [0.05, 0.1) is 0 Å². The average Bonchev–Trinajstić information content (AvgIpc) is 3.21. The standard InChI is InChI=1S/C17H32N2/c1-4-14-11-18-16(13-7-8-13)12-19(14)15-6-5-9-17(2,3)10-15/h13-16,18H,4-12H2,1-3H3.